The second kappa shape index (κ2) is 7.29. The lowest BCUT2D eigenvalue weighted by molar-refractivity contribution is -0.115. The number of benzene rings is 2. The minimum absolute atomic E-state index is 0.0276. The van der Waals surface area contributed by atoms with Crippen LogP contribution in [0.2, 0.25) is 0 Å². The maximum atomic E-state index is 12.5. The van der Waals surface area contributed by atoms with Gasteiger partial charge in [-0.25, -0.2) is 0 Å². The fourth-order valence-corrected chi connectivity index (χ4v) is 3.77. The average Bonchev–Trinajstić information content (AvgIpc) is 2.85. The van der Waals surface area contributed by atoms with Gasteiger partial charge in [0.2, 0.25) is 5.91 Å². The van der Waals surface area contributed by atoms with Gasteiger partial charge in [-0.05, 0) is 30.3 Å². The van der Waals surface area contributed by atoms with Crippen LogP contribution in [-0.2, 0) is 4.79 Å². The van der Waals surface area contributed by atoms with E-state index in [9.17, 15) is 9.59 Å². The van der Waals surface area contributed by atoms with E-state index in [0.29, 0.717) is 42.3 Å². The maximum absolute atomic E-state index is 12.5. The van der Waals surface area contributed by atoms with Crippen molar-refractivity contribution in [2.75, 3.05) is 24.2 Å². The van der Waals surface area contributed by atoms with Crippen LogP contribution in [-0.4, -0.2) is 36.8 Å². The van der Waals surface area contributed by atoms with Gasteiger partial charge in [-0.1, -0.05) is 12.1 Å². The summed E-state index contributed by atoms with van der Waals surface area (Å²) in [5.41, 5.74) is 1.19. The molecule has 0 saturated heterocycles. The Balaban J connectivity index is 1.39. The van der Waals surface area contributed by atoms with Crippen LogP contribution in [0, 0.1) is 0 Å². The quantitative estimate of drug-likeness (QED) is 0.869. The van der Waals surface area contributed by atoms with Crippen LogP contribution in [0.5, 0.6) is 11.5 Å². The summed E-state index contributed by atoms with van der Waals surface area (Å²) in [7, 11) is 0. The van der Waals surface area contributed by atoms with Crippen molar-refractivity contribution in [3.63, 3.8) is 0 Å². The molecule has 0 unspecified atom stereocenters. The second-order valence-electron chi connectivity index (χ2n) is 6.07. The van der Waals surface area contributed by atoms with Crippen molar-refractivity contribution < 1.29 is 19.1 Å². The van der Waals surface area contributed by atoms with E-state index >= 15 is 0 Å². The highest BCUT2D eigenvalue weighted by Gasteiger charge is 2.22. The van der Waals surface area contributed by atoms with E-state index < -0.39 is 0 Å². The van der Waals surface area contributed by atoms with Gasteiger partial charge in [-0.15, -0.1) is 11.8 Å². The molecule has 2 heterocycles. The minimum Gasteiger partial charge on any atom is -0.486 e. The number of amides is 2. The molecule has 0 radical (unpaired) electrons. The molecule has 4 rings (SSSR count). The van der Waals surface area contributed by atoms with Crippen molar-refractivity contribution in [1.29, 1.82) is 0 Å². The summed E-state index contributed by atoms with van der Waals surface area (Å²) in [6.45, 7) is 0.722. The molecule has 2 aliphatic rings. The summed E-state index contributed by atoms with van der Waals surface area (Å²) < 4.78 is 11.5. The summed E-state index contributed by atoms with van der Waals surface area (Å²) in [5, 5.41) is 5.72. The molecular weight excluding hydrogens is 352 g/mol. The molecule has 1 atom stereocenters. The second-order valence-corrected chi connectivity index (χ2v) is 7.20. The molecule has 0 fully saturated rings. The highest BCUT2D eigenvalue weighted by molar-refractivity contribution is 7.99. The molecule has 2 aromatic carbocycles. The van der Waals surface area contributed by atoms with Gasteiger partial charge >= 0.3 is 0 Å². The zero-order valence-corrected chi connectivity index (χ0v) is 14.8. The van der Waals surface area contributed by atoms with E-state index in [-0.39, 0.29) is 17.9 Å². The molecule has 26 heavy (non-hydrogen) atoms. The molecule has 2 N–H and O–H groups in total. The standard InChI is InChI=1S/C19H18N2O4S/c22-18-7-8-26-17-6-5-12(9-14(17)21-18)19(23)20-10-13-11-24-15-3-1-2-4-16(15)25-13/h1-6,9,13H,7-8,10-11H2,(H,20,23)(H,21,22)/t13-/m1/s1. The van der Waals surface area contributed by atoms with Gasteiger partial charge in [0, 0.05) is 22.6 Å². The monoisotopic (exact) mass is 370 g/mol. The molecular formula is C19H18N2O4S. The number of anilines is 1. The molecule has 2 amide bonds. The maximum Gasteiger partial charge on any atom is 0.251 e. The van der Waals surface area contributed by atoms with Crippen molar-refractivity contribution >= 4 is 29.3 Å². The first-order valence-corrected chi connectivity index (χ1v) is 9.41. The summed E-state index contributed by atoms with van der Waals surface area (Å²) in [4.78, 5) is 25.1. The van der Waals surface area contributed by atoms with E-state index in [4.69, 9.17) is 9.47 Å². The molecule has 0 aliphatic carbocycles. The molecule has 0 aromatic heterocycles. The zero-order chi connectivity index (χ0) is 17.9. The van der Waals surface area contributed by atoms with Crippen LogP contribution < -0.4 is 20.1 Å². The van der Waals surface area contributed by atoms with Gasteiger partial charge in [0.25, 0.3) is 5.91 Å². The Labute approximate surface area is 155 Å². The Morgan fingerprint density at radius 1 is 1.23 bits per heavy atom. The summed E-state index contributed by atoms with van der Waals surface area (Å²) in [5.74, 6) is 1.90. The number of hydrogen-bond donors (Lipinski definition) is 2. The average molecular weight is 370 g/mol. The van der Waals surface area contributed by atoms with Crippen molar-refractivity contribution in [3.8, 4) is 11.5 Å². The molecule has 0 saturated carbocycles. The first-order valence-electron chi connectivity index (χ1n) is 8.42. The van der Waals surface area contributed by atoms with Crippen molar-refractivity contribution in [2.24, 2.45) is 0 Å². The molecule has 2 aliphatic heterocycles. The highest BCUT2D eigenvalue weighted by Crippen LogP contribution is 2.32. The number of rotatable bonds is 3. The van der Waals surface area contributed by atoms with E-state index in [0.717, 1.165) is 10.6 Å². The first kappa shape index (κ1) is 16.8. The zero-order valence-electron chi connectivity index (χ0n) is 14.0. The number of nitrogens with one attached hydrogen (secondary N) is 2. The van der Waals surface area contributed by atoms with Gasteiger partial charge in [-0.3, -0.25) is 9.59 Å². The van der Waals surface area contributed by atoms with E-state index in [1.165, 1.54) is 0 Å². The van der Waals surface area contributed by atoms with Crippen molar-refractivity contribution in [3.05, 3.63) is 48.0 Å². The fourth-order valence-electron chi connectivity index (χ4n) is 2.83. The normalized spacial score (nSPS) is 18.3. The Hall–Kier alpha value is -2.67. The number of carbonyl (C=O) groups is 2. The van der Waals surface area contributed by atoms with Crippen molar-refractivity contribution in [2.45, 2.75) is 17.4 Å². The predicted octanol–water partition coefficient (Wildman–Crippen LogP) is 2.69. The van der Waals surface area contributed by atoms with Crippen LogP contribution in [0.4, 0.5) is 5.69 Å². The number of para-hydroxylation sites is 2. The molecule has 7 heteroatoms. The fraction of sp³-hybridized carbons (Fsp3) is 0.263. The Morgan fingerprint density at radius 3 is 2.96 bits per heavy atom. The van der Waals surface area contributed by atoms with Crippen LogP contribution in [0.25, 0.3) is 0 Å². The topological polar surface area (TPSA) is 76.7 Å². The van der Waals surface area contributed by atoms with Gasteiger partial charge in [0.05, 0.1) is 12.2 Å². The van der Waals surface area contributed by atoms with Gasteiger partial charge in [0.1, 0.15) is 12.7 Å². The number of ether oxygens (including phenoxy) is 2. The lowest BCUT2D eigenvalue weighted by Crippen LogP contribution is -2.40. The van der Waals surface area contributed by atoms with Crippen LogP contribution in [0.1, 0.15) is 16.8 Å². The summed E-state index contributed by atoms with van der Waals surface area (Å²) >= 11 is 1.61. The lowest BCUT2D eigenvalue weighted by atomic mass is 10.1. The summed E-state index contributed by atoms with van der Waals surface area (Å²) in [6, 6.07) is 12.8. The van der Waals surface area contributed by atoms with Gasteiger partial charge < -0.3 is 20.1 Å². The SMILES string of the molecule is O=C1CCSc2ccc(C(=O)NC[C@@H]3COc4ccccc4O3)cc2N1. The summed E-state index contributed by atoms with van der Waals surface area (Å²) in [6.07, 6.45) is 0.228. The largest absolute Gasteiger partial charge is 0.486 e. The third-order valence-corrected chi connectivity index (χ3v) is 5.24. The molecule has 134 valence electrons. The van der Waals surface area contributed by atoms with Crippen molar-refractivity contribution in [1.82, 2.24) is 5.32 Å². The van der Waals surface area contributed by atoms with Crippen LogP contribution in [0.15, 0.2) is 47.4 Å². The molecule has 6 nitrogen and oxygen atoms in total. The molecule has 0 spiro atoms. The van der Waals surface area contributed by atoms with Gasteiger partial charge in [-0.2, -0.15) is 0 Å². The smallest absolute Gasteiger partial charge is 0.251 e. The van der Waals surface area contributed by atoms with E-state index in [1.54, 1.807) is 23.9 Å². The highest BCUT2D eigenvalue weighted by atomic mass is 32.2. The minimum atomic E-state index is -0.245. The Morgan fingerprint density at radius 2 is 2.08 bits per heavy atom. The lowest BCUT2D eigenvalue weighted by Gasteiger charge is -2.26. The van der Waals surface area contributed by atoms with E-state index in [2.05, 4.69) is 10.6 Å². The Bertz CT molecular complexity index is 855. The number of thioether (sulfide) groups is 1. The number of fused-ring (bicyclic) bond motifs is 2. The predicted molar refractivity (Wildman–Crippen MR) is 99.1 cm³/mol. The molecule has 0 bridgehead atoms. The van der Waals surface area contributed by atoms with Crippen LogP contribution in [0.3, 0.4) is 0 Å². The molecule has 2 aromatic rings. The number of carbonyl (C=O) groups excluding carboxylic acids is 2. The van der Waals surface area contributed by atoms with E-state index in [1.807, 2.05) is 30.3 Å². The third-order valence-electron chi connectivity index (χ3n) is 4.16. The van der Waals surface area contributed by atoms with Crippen LogP contribution >= 0.6 is 11.8 Å². The third kappa shape index (κ3) is 3.62. The van der Waals surface area contributed by atoms with Gasteiger partial charge in [0.15, 0.2) is 11.5 Å². The first-order chi connectivity index (χ1) is 12.7. The Kier molecular flexibility index (Phi) is 4.71. The number of hydrogen-bond acceptors (Lipinski definition) is 5.